The first-order chi connectivity index (χ1) is 7.94. The van der Waals surface area contributed by atoms with E-state index < -0.39 is 21.7 Å². The number of benzene rings is 1. The standard InChI is InChI=1S/C10H14F2N2O2S/c11-9-3-2-8(6-10(9)12)7-14-17(15,16)5-1-4-13/h2-3,6,14H,1,4-5,7,13H2. The number of sulfonamides is 1. The highest BCUT2D eigenvalue weighted by Gasteiger charge is 2.09. The summed E-state index contributed by atoms with van der Waals surface area (Å²) in [4.78, 5) is 0. The van der Waals surface area contributed by atoms with Gasteiger partial charge in [-0.2, -0.15) is 0 Å². The second kappa shape index (κ2) is 6.04. The molecule has 1 rings (SSSR count). The molecule has 0 aromatic heterocycles. The second-order valence-electron chi connectivity index (χ2n) is 3.53. The van der Waals surface area contributed by atoms with Crippen molar-refractivity contribution in [3.05, 3.63) is 35.4 Å². The van der Waals surface area contributed by atoms with Crippen LogP contribution in [-0.4, -0.2) is 20.7 Å². The van der Waals surface area contributed by atoms with Crippen LogP contribution in [0.1, 0.15) is 12.0 Å². The van der Waals surface area contributed by atoms with Crippen molar-refractivity contribution in [3.63, 3.8) is 0 Å². The Labute approximate surface area is 98.9 Å². The summed E-state index contributed by atoms with van der Waals surface area (Å²) in [5.74, 6) is -2.03. The fourth-order valence-corrected chi connectivity index (χ4v) is 2.27. The zero-order valence-electron chi connectivity index (χ0n) is 9.12. The molecule has 0 fully saturated rings. The van der Waals surface area contributed by atoms with Gasteiger partial charge in [0, 0.05) is 6.54 Å². The zero-order chi connectivity index (χ0) is 12.9. The van der Waals surface area contributed by atoms with Crippen LogP contribution in [0, 0.1) is 11.6 Å². The van der Waals surface area contributed by atoms with Crippen LogP contribution >= 0.6 is 0 Å². The summed E-state index contributed by atoms with van der Waals surface area (Å²) in [5.41, 5.74) is 5.56. The Balaban J connectivity index is 2.58. The Bertz CT molecular complexity index is 477. The number of nitrogens with one attached hydrogen (secondary N) is 1. The molecular weight excluding hydrogens is 250 g/mol. The zero-order valence-corrected chi connectivity index (χ0v) is 9.93. The summed E-state index contributed by atoms with van der Waals surface area (Å²) < 4.78 is 50.5. The maximum atomic E-state index is 12.8. The van der Waals surface area contributed by atoms with E-state index in [0.717, 1.165) is 12.1 Å². The summed E-state index contributed by atoms with van der Waals surface area (Å²) in [5, 5.41) is 0. The minimum absolute atomic E-state index is 0.0654. The Morgan fingerprint density at radius 2 is 1.94 bits per heavy atom. The largest absolute Gasteiger partial charge is 0.330 e. The van der Waals surface area contributed by atoms with Crippen molar-refractivity contribution < 1.29 is 17.2 Å². The highest BCUT2D eigenvalue weighted by atomic mass is 32.2. The summed E-state index contributed by atoms with van der Waals surface area (Å²) in [6.45, 7) is 0.218. The van der Waals surface area contributed by atoms with Crippen LogP contribution in [0.4, 0.5) is 8.78 Å². The van der Waals surface area contributed by atoms with E-state index in [1.807, 2.05) is 0 Å². The summed E-state index contributed by atoms with van der Waals surface area (Å²) in [6.07, 6.45) is 0.354. The van der Waals surface area contributed by atoms with Crippen LogP contribution in [0.3, 0.4) is 0 Å². The maximum Gasteiger partial charge on any atom is 0.211 e. The molecule has 1 aromatic carbocycles. The lowest BCUT2D eigenvalue weighted by atomic mass is 10.2. The molecular formula is C10H14F2N2O2S. The molecule has 3 N–H and O–H groups in total. The number of hydrogen-bond donors (Lipinski definition) is 2. The van der Waals surface area contributed by atoms with Crippen LogP contribution in [0.15, 0.2) is 18.2 Å². The van der Waals surface area contributed by atoms with Crippen LogP contribution in [-0.2, 0) is 16.6 Å². The predicted molar refractivity (Wildman–Crippen MR) is 60.7 cm³/mol. The maximum absolute atomic E-state index is 12.8. The fraction of sp³-hybridized carbons (Fsp3) is 0.400. The number of rotatable bonds is 6. The van der Waals surface area contributed by atoms with Gasteiger partial charge in [0.15, 0.2) is 11.6 Å². The molecule has 0 aliphatic carbocycles. The molecule has 7 heteroatoms. The average Bonchev–Trinajstić information content (AvgIpc) is 2.28. The molecule has 0 unspecified atom stereocenters. The van der Waals surface area contributed by atoms with E-state index in [1.54, 1.807) is 0 Å². The van der Waals surface area contributed by atoms with Crippen LogP contribution in [0.25, 0.3) is 0 Å². The molecule has 0 aliphatic heterocycles. The average molecular weight is 264 g/mol. The van der Waals surface area contributed by atoms with Crippen molar-refractivity contribution >= 4 is 10.0 Å². The monoisotopic (exact) mass is 264 g/mol. The van der Waals surface area contributed by atoms with E-state index >= 15 is 0 Å². The van der Waals surface area contributed by atoms with Gasteiger partial charge < -0.3 is 5.73 Å². The minimum atomic E-state index is -3.41. The smallest absolute Gasteiger partial charge is 0.211 e. The van der Waals surface area contributed by atoms with Crippen LogP contribution < -0.4 is 10.5 Å². The van der Waals surface area contributed by atoms with Gasteiger partial charge in [-0.05, 0) is 30.7 Å². The first-order valence-corrected chi connectivity index (χ1v) is 6.71. The van der Waals surface area contributed by atoms with Crippen molar-refractivity contribution in [2.45, 2.75) is 13.0 Å². The van der Waals surface area contributed by atoms with Gasteiger partial charge in [-0.15, -0.1) is 0 Å². The molecule has 0 bridgehead atoms. The van der Waals surface area contributed by atoms with Gasteiger partial charge >= 0.3 is 0 Å². The highest BCUT2D eigenvalue weighted by molar-refractivity contribution is 7.89. The molecule has 0 saturated heterocycles. The molecule has 0 spiro atoms. The molecule has 0 saturated carbocycles. The fourth-order valence-electron chi connectivity index (χ4n) is 1.19. The van der Waals surface area contributed by atoms with Crippen LogP contribution in [0.5, 0.6) is 0 Å². The number of hydrogen-bond acceptors (Lipinski definition) is 3. The van der Waals surface area contributed by atoms with E-state index in [0.29, 0.717) is 12.0 Å². The van der Waals surface area contributed by atoms with Crippen molar-refractivity contribution in [3.8, 4) is 0 Å². The summed E-state index contributed by atoms with van der Waals surface area (Å²) in [7, 11) is -3.41. The summed E-state index contributed by atoms with van der Waals surface area (Å²) >= 11 is 0. The van der Waals surface area contributed by atoms with Gasteiger partial charge in [0.05, 0.1) is 5.75 Å². The quantitative estimate of drug-likeness (QED) is 0.795. The summed E-state index contributed by atoms with van der Waals surface area (Å²) in [6, 6.07) is 3.24. The molecule has 4 nitrogen and oxygen atoms in total. The molecule has 96 valence electrons. The van der Waals surface area contributed by atoms with Crippen molar-refractivity contribution in [2.75, 3.05) is 12.3 Å². The number of nitrogens with two attached hydrogens (primary N) is 1. The molecule has 0 aliphatic rings. The predicted octanol–water partition coefficient (Wildman–Crippen LogP) is 0.733. The Kier molecular flexibility index (Phi) is 4.98. The minimum Gasteiger partial charge on any atom is -0.330 e. The van der Waals surface area contributed by atoms with E-state index in [4.69, 9.17) is 5.73 Å². The van der Waals surface area contributed by atoms with Gasteiger partial charge in [-0.1, -0.05) is 6.07 Å². The molecule has 0 heterocycles. The Hall–Kier alpha value is -1.05. The third-order valence-electron chi connectivity index (χ3n) is 2.10. The van der Waals surface area contributed by atoms with E-state index in [9.17, 15) is 17.2 Å². The van der Waals surface area contributed by atoms with Crippen LogP contribution in [0.2, 0.25) is 0 Å². The first-order valence-electron chi connectivity index (χ1n) is 5.06. The Morgan fingerprint density at radius 3 is 2.53 bits per heavy atom. The third-order valence-corrected chi connectivity index (χ3v) is 3.51. The van der Waals surface area contributed by atoms with Gasteiger partial charge in [0.2, 0.25) is 10.0 Å². The van der Waals surface area contributed by atoms with Gasteiger partial charge in [0.1, 0.15) is 0 Å². The highest BCUT2D eigenvalue weighted by Crippen LogP contribution is 2.08. The molecule has 1 aromatic rings. The number of halogens is 2. The normalized spacial score (nSPS) is 11.7. The van der Waals surface area contributed by atoms with Crippen molar-refractivity contribution in [2.24, 2.45) is 5.73 Å². The lowest BCUT2D eigenvalue weighted by Gasteiger charge is -2.06. The third kappa shape index (κ3) is 4.76. The van der Waals surface area contributed by atoms with Gasteiger partial charge in [-0.25, -0.2) is 21.9 Å². The molecule has 0 amide bonds. The van der Waals surface area contributed by atoms with Crippen molar-refractivity contribution in [1.29, 1.82) is 0 Å². The van der Waals surface area contributed by atoms with E-state index in [2.05, 4.69) is 4.72 Å². The van der Waals surface area contributed by atoms with E-state index in [-0.39, 0.29) is 18.8 Å². The lowest BCUT2D eigenvalue weighted by Crippen LogP contribution is -2.27. The topological polar surface area (TPSA) is 72.2 Å². The van der Waals surface area contributed by atoms with Gasteiger partial charge in [0.25, 0.3) is 0 Å². The molecule has 0 radical (unpaired) electrons. The molecule has 17 heavy (non-hydrogen) atoms. The van der Waals surface area contributed by atoms with Gasteiger partial charge in [-0.3, -0.25) is 0 Å². The second-order valence-corrected chi connectivity index (χ2v) is 5.46. The first kappa shape index (κ1) is 14.0. The van der Waals surface area contributed by atoms with Crippen molar-refractivity contribution in [1.82, 2.24) is 4.72 Å². The molecule has 0 atom stereocenters. The SMILES string of the molecule is NCCCS(=O)(=O)NCc1ccc(F)c(F)c1. The Morgan fingerprint density at radius 1 is 1.24 bits per heavy atom. The van der Waals surface area contributed by atoms with E-state index in [1.165, 1.54) is 6.07 Å². The lowest BCUT2D eigenvalue weighted by molar-refractivity contribution is 0.506.